The zero-order valence-corrected chi connectivity index (χ0v) is 20.8. The molecule has 9 nitrogen and oxygen atoms in total. The van der Waals surface area contributed by atoms with E-state index in [2.05, 4.69) is 20.5 Å². The zero-order valence-electron chi connectivity index (χ0n) is 20.8. The molecule has 0 spiro atoms. The summed E-state index contributed by atoms with van der Waals surface area (Å²) >= 11 is 0. The zero-order chi connectivity index (χ0) is 26.7. The SMILES string of the molecule is Cn1c(C(=O)N2CC(F)(F)C2)cc2ccc(-c3nc(Nc4ccc(-c5cn[nH]c5)cc4)cc4nccn34)cc21. The fourth-order valence-electron chi connectivity index (χ4n) is 4.99. The quantitative estimate of drug-likeness (QED) is 0.327. The third kappa shape index (κ3) is 3.99. The second kappa shape index (κ2) is 8.48. The van der Waals surface area contributed by atoms with Gasteiger partial charge in [0.05, 0.1) is 19.3 Å². The fourth-order valence-corrected chi connectivity index (χ4v) is 4.99. The predicted molar refractivity (Wildman–Crippen MR) is 143 cm³/mol. The van der Waals surface area contributed by atoms with Gasteiger partial charge in [0, 0.05) is 59.4 Å². The molecule has 0 bridgehead atoms. The van der Waals surface area contributed by atoms with Gasteiger partial charge in [-0.1, -0.05) is 24.3 Å². The van der Waals surface area contributed by atoms with Crippen LogP contribution in [0, 0.1) is 0 Å². The lowest BCUT2D eigenvalue weighted by molar-refractivity contribution is -0.113. The Hall–Kier alpha value is -5.06. The van der Waals surface area contributed by atoms with Crippen molar-refractivity contribution in [3.63, 3.8) is 0 Å². The first-order valence-electron chi connectivity index (χ1n) is 12.3. The molecule has 1 saturated heterocycles. The van der Waals surface area contributed by atoms with Crippen LogP contribution in [0.4, 0.5) is 20.3 Å². The molecule has 6 aromatic rings. The van der Waals surface area contributed by atoms with Crippen molar-refractivity contribution in [1.82, 2.24) is 34.0 Å². The molecule has 194 valence electrons. The molecule has 1 amide bonds. The van der Waals surface area contributed by atoms with E-state index in [1.165, 1.54) is 4.90 Å². The summed E-state index contributed by atoms with van der Waals surface area (Å²) in [5.41, 5.74) is 5.63. The second-order valence-corrected chi connectivity index (χ2v) is 9.69. The smallest absolute Gasteiger partial charge is 0.282 e. The van der Waals surface area contributed by atoms with Crippen molar-refractivity contribution in [3.8, 4) is 22.5 Å². The number of likely N-dealkylation sites (tertiary alicyclic amines) is 1. The van der Waals surface area contributed by atoms with Crippen molar-refractivity contribution in [2.45, 2.75) is 5.92 Å². The minimum Gasteiger partial charge on any atom is -0.340 e. The first kappa shape index (κ1) is 23.1. The van der Waals surface area contributed by atoms with Crippen LogP contribution >= 0.6 is 0 Å². The number of H-pyrrole nitrogens is 1. The third-order valence-corrected chi connectivity index (χ3v) is 7.03. The Bertz CT molecular complexity index is 1850. The number of nitrogens with zero attached hydrogens (tertiary/aromatic N) is 6. The minimum atomic E-state index is -2.81. The van der Waals surface area contributed by atoms with E-state index in [0.717, 1.165) is 38.9 Å². The van der Waals surface area contributed by atoms with Gasteiger partial charge in [0.1, 0.15) is 23.0 Å². The number of carbonyl (C=O) groups excluding carboxylic acids is 1. The van der Waals surface area contributed by atoms with Crippen LogP contribution in [-0.4, -0.2) is 59.0 Å². The maximum absolute atomic E-state index is 13.3. The lowest BCUT2D eigenvalue weighted by Crippen LogP contribution is -2.58. The van der Waals surface area contributed by atoms with Crippen LogP contribution in [0.1, 0.15) is 10.5 Å². The lowest BCUT2D eigenvalue weighted by Gasteiger charge is -2.38. The number of alkyl halides is 2. The number of imidazole rings is 1. The Labute approximate surface area is 220 Å². The largest absolute Gasteiger partial charge is 0.340 e. The Morgan fingerprint density at radius 2 is 1.82 bits per heavy atom. The first-order chi connectivity index (χ1) is 18.8. The molecule has 7 rings (SSSR count). The Balaban J connectivity index is 1.22. The van der Waals surface area contributed by atoms with Gasteiger partial charge in [-0.15, -0.1) is 0 Å². The summed E-state index contributed by atoms with van der Waals surface area (Å²) in [6, 6.07) is 17.4. The van der Waals surface area contributed by atoms with Gasteiger partial charge >= 0.3 is 0 Å². The van der Waals surface area contributed by atoms with Crippen LogP contribution in [-0.2, 0) is 7.05 Å². The number of amides is 1. The number of hydrogen-bond donors (Lipinski definition) is 2. The van der Waals surface area contributed by atoms with Crippen LogP contribution < -0.4 is 5.32 Å². The number of aromatic amines is 1. The van der Waals surface area contributed by atoms with Crippen molar-refractivity contribution in [3.05, 3.63) is 85.1 Å². The number of nitrogens with one attached hydrogen (secondary N) is 2. The van der Waals surface area contributed by atoms with E-state index in [4.69, 9.17) is 4.98 Å². The number of fused-ring (bicyclic) bond motifs is 2. The van der Waals surface area contributed by atoms with Gasteiger partial charge in [0.15, 0.2) is 0 Å². The van der Waals surface area contributed by atoms with Crippen molar-refractivity contribution in [1.29, 1.82) is 0 Å². The third-order valence-electron chi connectivity index (χ3n) is 7.03. The summed E-state index contributed by atoms with van der Waals surface area (Å²) < 4.78 is 30.3. The van der Waals surface area contributed by atoms with Crippen molar-refractivity contribution < 1.29 is 13.6 Å². The highest BCUT2D eigenvalue weighted by Gasteiger charge is 2.46. The molecule has 11 heteroatoms. The molecule has 0 unspecified atom stereocenters. The number of rotatable bonds is 5. The molecule has 1 aliphatic heterocycles. The number of benzene rings is 2. The molecule has 0 radical (unpaired) electrons. The molecule has 39 heavy (non-hydrogen) atoms. The van der Waals surface area contributed by atoms with Crippen LogP contribution in [0.25, 0.3) is 39.1 Å². The number of halogens is 2. The molecule has 2 N–H and O–H groups in total. The standard InChI is InChI=1S/C28H22F2N8O/c1-36-22-11-19(3-2-18(22)10-23(36)27(39)37-15-28(29,30)16-37)26-35-24(12-25-31-8-9-38(25)26)34-21-6-4-17(5-7-21)20-13-32-33-14-20/h2-14,34H,15-16H2,1H3,(H,32,33). The first-order valence-corrected chi connectivity index (χ1v) is 12.3. The molecular formula is C28H22F2N8O. The Kier molecular flexibility index (Phi) is 5.02. The summed E-state index contributed by atoms with van der Waals surface area (Å²) in [4.78, 5) is 23.4. The van der Waals surface area contributed by atoms with Crippen molar-refractivity contribution in [2.75, 3.05) is 18.4 Å². The number of carbonyl (C=O) groups is 1. The molecule has 1 aliphatic rings. The monoisotopic (exact) mass is 524 g/mol. The summed E-state index contributed by atoms with van der Waals surface area (Å²) in [6.45, 7) is -1.10. The van der Waals surface area contributed by atoms with E-state index in [0.29, 0.717) is 17.3 Å². The molecule has 4 aromatic heterocycles. The summed E-state index contributed by atoms with van der Waals surface area (Å²) in [5.74, 6) is -1.92. The molecule has 0 atom stereocenters. The highest BCUT2D eigenvalue weighted by molar-refractivity contribution is 6.00. The van der Waals surface area contributed by atoms with Gasteiger partial charge < -0.3 is 14.8 Å². The maximum atomic E-state index is 13.3. The van der Waals surface area contributed by atoms with Crippen LogP contribution in [0.15, 0.2) is 79.4 Å². The summed E-state index contributed by atoms with van der Waals surface area (Å²) in [6.07, 6.45) is 7.17. The fraction of sp³-hybridized carbons (Fsp3) is 0.143. The van der Waals surface area contributed by atoms with Crippen LogP contribution in [0.2, 0.25) is 0 Å². The predicted octanol–water partition coefficient (Wildman–Crippen LogP) is 5.11. The lowest BCUT2D eigenvalue weighted by atomic mass is 10.1. The molecule has 5 heterocycles. The summed E-state index contributed by atoms with van der Waals surface area (Å²) in [5, 5.41) is 11.0. The van der Waals surface area contributed by atoms with Gasteiger partial charge in [0.2, 0.25) is 0 Å². The van der Waals surface area contributed by atoms with Crippen LogP contribution in [0.5, 0.6) is 0 Å². The van der Waals surface area contributed by atoms with Gasteiger partial charge in [-0.2, -0.15) is 5.10 Å². The number of aromatic nitrogens is 6. The minimum absolute atomic E-state index is 0.368. The topological polar surface area (TPSA) is 96.1 Å². The van der Waals surface area contributed by atoms with E-state index < -0.39 is 24.9 Å². The van der Waals surface area contributed by atoms with E-state index in [-0.39, 0.29) is 0 Å². The number of aryl methyl sites for hydroxylation is 1. The Morgan fingerprint density at radius 1 is 1.03 bits per heavy atom. The average Bonchev–Trinajstić information content (AvgIpc) is 3.68. The van der Waals surface area contributed by atoms with Crippen molar-refractivity contribution in [2.24, 2.45) is 7.05 Å². The second-order valence-electron chi connectivity index (χ2n) is 9.69. The van der Waals surface area contributed by atoms with Gasteiger partial charge in [-0.25, -0.2) is 18.7 Å². The normalized spacial score (nSPS) is 14.6. The molecule has 0 aliphatic carbocycles. The van der Waals surface area contributed by atoms with Gasteiger partial charge in [-0.05, 0) is 29.8 Å². The van der Waals surface area contributed by atoms with E-state index in [1.807, 2.05) is 65.3 Å². The number of hydrogen-bond acceptors (Lipinski definition) is 5. The molecule has 1 fully saturated rings. The highest BCUT2D eigenvalue weighted by atomic mass is 19.3. The molecule has 2 aromatic carbocycles. The Morgan fingerprint density at radius 3 is 2.56 bits per heavy atom. The van der Waals surface area contributed by atoms with Crippen molar-refractivity contribution >= 4 is 34.0 Å². The highest BCUT2D eigenvalue weighted by Crippen LogP contribution is 2.31. The number of anilines is 2. The molecular weight excluding hydrogens is 502 g/mol. The van der Waals surface area contributed by atoms with Crippen LogP contribution in [0.3, 0.4) is 0 Å². The van der Waals surface area contributed by atoms with Gasteiger partial charge in [-0.3, -0.25) is 14.3 Å². The summed E-state index contributed by atoms with van der Waals surface area (Å²) in [7, 11) is 1.77. The van der Waals surface area contributed by atoms with E-state index in [1.54, 1.807) is 30.1 Å². The average molecular weight is 525 g/mol. The van der Waals surface area contributed by atoms with Gasteiger partial charge in [0.25, 0.3) is 11.8 Å². The van der Waals surface area contributed by atoms with E-state index >= 15 is 0 Å². The van der Waals surface area contributed by atoms with E-state index in [9.17, 15) is 13.6 Å². The maximum Gasteiger partial charge on any atom is 0.282 e. The molecule has 0 saturated carbocycles.